The monoisotopic (exact) mass is 207 g/mol. The first kappa shape index (κ1) is 9.37. The highest BCUT2D eigenvalue weighted by molar-refractivity contribution is 6.05. The van der Waals surface area contributed by atoms with Gasteiger partial charge in [-0.05, 0) is 37.5 Å². The Hall–Kier alpha value is -0.860. The van der Waals surface area contributed by atoms with E-state index < -0.39 is 0 Å². The van der Waals surface area contributed by atoms with E-state index in [4.69, 9.17) is 0 Å². The molecule has 0 radical (unpaired) electrons. The fourth-order valence-electron chi connectivity index (χ4n) is 3.93. The van der Waals surface area contributed by atoms with E-state index >= 15 is 0 Å². The molecule has 4 fully saturated rings. The van der Waals surface area contributed by atoms with Crippen molar-refractivity contribution in [3.8, 4) is 0 Å². The van der Waals surface area contributed by atoms with Crippen molar-refractivity contribution in [2.24, 2.45) is 23.7 Å². The average molecular weight is 207 g/mol. The van der Waals surface area contributed by atoms with E-state index in [-0.39, 0.29) is 23.7 Å². The second-order valence-electron chi connectivity index (χ2n) is 5.32. The van der Waals surface area contributed by atoms with Crippen LogP contribution in [0.15, 0.2) is 0 Å². The van der Waals surface area contributed by atoms with Crippen LogP contribution >= 0.6 is 0 Å². The minimum absolute atomic E-state index is 0.0451. The number of nitrogens with zero attached hydrogens (tertiary/aromatic N) is 1. The molecule has 0 spiro atoms. The van der Waals surface area contributed by atoms with Crippen molar-refractivity contribution in [1.82, 2.24) is 4.90 Å². The minimum atomic E-state index is 0.0451. The maximum Gasteiger partial charge on any atom is 0.233 e. The molecule has 0 aromatic carbocycles. The normalized spacial score (nSPS) is 44.5. The number of fused-ring (bicyclic) bond motifs is 3. The largest absolute Gasteiger partial charge is 0.285 e. The standard InChI is InChI=1S/C12H17NO2/c1-13-11(14)9-7-3-2-4-8(6-5-7)10(9)12(13)15/h7-10H,2-6H2,1H3/t7?,8?,9-,10+. The molecule has 4 atom stereocenters. The summed E-state index contributed by atoms with van der Waals surface area (Å²) < 4.78 is 0. The Morgan fingerprint density at radius 1 is 0.933 bits per heavy atom. The Kier molecular flexibility index (Phi) is 1.91. The topological polar surface area (TPSA) is 37.4 Å². The average Bonchev–Trinajstić information content (AvgIpc) is 2.51. The molecule has 2 bridgehead atoms. The maximum atomic E-state index is 12.0. The Morgan fingerprint density at radius 3 is 1.87 bits per heavy atom. The Morgan fingerprint density at radius 2 is 1.40 bits per heavy atom. The number of amides is 2. The molecule has 82 valence electrons. The van der Waals surface area contributed by atoms with Crippen molar-refractivity contribution in [2.75, 3.05) is 7.05 Å². The van der Waals surface area contributed by atoms with E-state index in [2.05, 4.69) is 0 Å². The molecule has 4 aliphatic rings. The van der Waals surface area contributed by atoms with Gasteiger partial charge in [-0.1, -0.05) is 6.42 Å². The van der Waals surface area contributed by atoms with Crippen LogP contribution in [0.5, 0.6) is 0 Å². The van der Waals surface area contributed by atoms with Crippen LogP contribution in [0.1, 0.15) is 32.1 Å². The number of hydrogen-bond acceptors (Lipinski definition) is 2. The van der Waals surface area contributed by atoms with Gasteiger partial charge in [-0.3, -0.25) is 14.5 Å². The zero-order valence-electron chi connectivity index (χ0n) is 9.11. The highest BCUT2D eigenvalue weighted by atomic mass is 16.2. The van der Waals surface area contributed by atoms with E-state index in [1.165, 1.54) is 24.2 Å². The van der Waals surface area contributed by atoms with E-state index in [1.54, 1.807) is 7.05 Å². The quantitative estimate of drug-likeness (QED) is 0.563. The van der Waals surface area contributed by atoms with Gasteiger partial charge in [0.25, 0.3) is 0 Å². The molecule has 3 nitrogen and oxygen atoms in total. The van der Waals surface area contributed by atoms with E-state index in [1.807, 2.05) is 0 Å². The zero-order valence-corrected chi connectivity index (χ0v) is 9.11. The Balaban J connectivity index is 2.02. The second-order valence-corrected chi connectivity index (χ2v) is 5.32. The van der Waals surface area contributed by atoms with Gasteiger partial charge in [0.1, 0.15) is 0 Å². The summed E-state index contributed by atoms with van der Waals surface area (Å²) in [6.45, 7) is 0. The first-order valence-electron chi connectivity index (χ1n) is 6.01. The van der Waals surface area contributed by atoms with Crippen LogP contribution in [-0.4, -0.2) is 23.8 Å². The Bertz CT molecular complexity index is 292. The number of carbonyl (C=O) groups is 2. The van der Waals surface area contributed by atoms with Gasteiger partial charge in [-0.15, -0.1) is 0 Å². The summed E-state index contributed by atoms with van der Waals surface area (Å²) in [5, 5.41) is 0. The second kappa shape index (κ2) is 3.06. The number of likely N-dealkylation sites (tertiary alicyclic amines) is 1. The highest BCUT2D eigenvalue weighted by Gasteiger charge is 2.55. The minimum Gasteiger partial charge on any atom is -0.285 e. The fourth-order valence-corrected chi connectivity index (χ4v) is 3.93. The molecule has 4 rings (SSSR count). The molecular formula is C12H17NO2. The third-order valence-electron chi connectivity index (χ3n) is 4.69. The lowest BCUT2D eigenvalue weighted by Crippen LogP contribution is -2.34. The molecule has 3 heteroatoms. The first-order valence-corrected chi connectivity index (χ1v) is 6.01. The zero-order chi connectivity index (χ0) is 10.6. The predicted octanol–water partition coefficient (Wildman–Crippen LogP) is 1.43. The molecule has 1 saturated heterocycles. The van der Waals surface area contributed by atoms with Crippen LogP contribution in [0.4, 0.5) is 0 Å². The van der Waals surface area contributed by atoms with Crippen molar-refractivity contribution >= 4 is 11.8 Å². The molecule has 15 heavy (non-hydrogen) atoms. The van der Waals surface area contributed by atoms with Crippen molar-refractivity contribution in [1.29, 1.82) is 0 Å². The predicted molar refractivity (Wildman–Crippen MR) is 54.8 cm³/mol. The summed E-state index contributed by atoms with van der Waals surface area (Å²) >= 11 is 0. The van der Waals surface area contributed by atoms with Crippen LogP contribution in [0.3, 0.4) is 0 Å². The summed E-state index contributed by atoms with van der Waals surface area (Å²) in [6, 6.07) is 0. The highest BCUT2D eigenvalue weighted by Crippen LogP contribution is 2.50. The molecule has 1 aliphatic heterocycles. The number of imide groups is 1. The summed E-state index contributed by atoms with van der Waals surface area (Å²) in [7, 11) is 1.65. The van der Waals surface area contributed by atoms with E-state index in [0.717, 1.165) is 12.8 Å². The van der Waals surface area contributed by atoms with Crippen LogP contribution in [-0.2, 0) is 9.59 Å². The van der Waals surface area contributed by atoms with E-state index in [9.17, 15) is 9.59 Å². The van der Waals surface area contributed by atoms with Gasteiger partial charge in [-0.25, -0.2) is 0 Å². The lowest BCUT2D eigenvalue weighted by molar-refractivity contribution is -0.138. The SMILES string of the molecule is CN1C(=O)[C@@H]2C3CCCC(CC3)[C@@H]2C1=O. The third kappa shape index (κ3) is 1.12. The summed E-state index contributed by atoms with van der Waals surface area (Å²) in [5.41, 5.74) is 0. The fraction of sp³-hybridized carbons (Fsp3) is 0.833. The van der Waals surface area contributed by atoms with Gasteiger partial charge in [0.05, 0.1) is 11.8 Å². The van der Waals surface area contributed by atoms with Crippen LogP contribution in [0.25, 0.3) is 0 Å². The number of hydrogen-bond donors (Lipinski definition) is 0. The molecule has 0 aromatic heterocycles. The molecule has 2 amide bonds. The van der Waals surface area contributed by atoms with Crippen LogP contribution in [0.2, 0.25) is 0 Å². The molecule has 3 aliphatic carbocycles. The third-order valence-corrected chi connectivity index (χ3v) is 4.69. The number of rotatable bonds is 0. The maximum absolute atomic E-state index is 12.0. The molecular weight excluding hydrogens is 190 g/mol. The molecule has 2 unspecified atom stereocenters. The molecule has 0 aromatic rings. The van der Waals surface area contributed by atoms with Gasteiger partial charge >= 0.3 is 0 Å². The van der Waals surface area contributed by atoms with Crippen molar-refractivity contribution in [3.05, 3.63) is 0 Å². The van der Waals surface area contributed by atoms with Gasteiger partial charge in [0.15, 0.2) is 0 Å². The lowest BCUT2D eigenvalue weighted by Gasteiger charge is -2.32. The van der Waals surface area contributed by atoms with Crippen molar-refractivity contribution < 1.29 is 9.59 Å². The van der Waals surface area contributed by atoms with Gasteiger partial charge in [0, 0.05) is 7.05 Å². The first-order chi connectivity index (χ1) is 7.20. The molecule has 3 saturated carbocycles. The molecule has 1 heterocycles. The van der Waals surface area contributed by atoms with Crippen LogP contribution in [0, 0.1) is 23.7 Å². The van der Waals surface area contributed by atoms with Crippen LogP contribution < -0.4 is 0 Å². The summed E-state index contributed by atoms with van der Waals surface area (Å²) in [4.78, 5) is 25.4. The Labute approximate surface area is 89.8 Å². The number of carbonyl (C=O) groups excluding carboxylic acids is 2. The van der Waals surface area contributed by atoms with Gasteiger partial charge in [-0.2, -0.15) is 0 Å². The van der Waals surface area contributed by atoms with Gasteiger partial charge < -0.3 is 0 Å². The van der Waals surface area contributed by atoms with Gasteiger partial charge in [0.2, 0.25) is 11.8 Å². The van der Waals surface area contributed by atoms with Crippen molar-refractivity contribution in [2.45, 2.75) is 32.1 Å². The summed E-state index contributed by atoms with van der Waals surface area (Å²) in [6.07, 6.45) is 5.86. The lowest BCUT2D eigenvalue weighted by atomic mass is 9.69. The van der Waals surface area contributed by atoms with Crippen molar-refractivity contribution in [3.63, 3.8) is 0 Å². The van der Waals surface area contributed by atoms with E-state index in [0.29, 0.717) is 11.8 Å². The molecule has 0 N–H and O–H groups in total. The smallest absolute Gasteiger partial charge is 0.233 e. The summed E-state index contributed by atoms with van der Waals surface area (Å²) in [5.74, 6) is 1.28.